The highest BCUT2D eigenvalue weighted by molar-refractivity contribution is 5.83. The first-order valence-corrected chi connectivity index (χ1v) is 8.99. The maximum absolute atomic E-state index is 12.6. The maximum Gasteiger partial charge on any atom is 0.244 e. The van der Waals surface area contributed by atoms with Crippen LogP contribution in [0.5, 0.6) is 0 Å². The fourth-order valence-corrected chi connectivity index (χ4v) is 3.23. The number of hydrogen-bond donors (Lipinski definition) is 1. The zero-order valence-corrected chi connectivity index (χ0v) is 14.5. The number of nitrogens with zero attached hydrogens (tertiary/aromatic N) is 1. The Kier molecular flexibility index (Phi) is 6.20. The summed E-state index contributed by atoms with van der Waals surface area (Å²) in [4.78, 5) is 14.4. The van der Waals surface area contributed by atoms with Gasteiger partial charge in [0, 0.05) is 13.1 Å². The number of hydrogen-bond acceptors (Lipinski definition) is 3. The minimum atomic E-state index is -0.572. The monoisotopic (exact) mass is 338 g/mol. The number of piperidine rings is 1. The number of rotatable bonds is 6. The van der Waals surface area contributed by atoms with Gasteiger partial charge >= 0.3 is 0 Å². The van der Waals surface area contributed by atoms with E-state index in [4.69, 9.17) is 10.5 Å². The largest absolute Gasteiger partial charge is 0.378 e. The maximum atomic E-state index is 12.6. The van der Waals surface area contributed by atoms with Gasteiger partial charge in [0.2, 0.25) is 5.91 Å². The molecule has 1 amide bonds. The molecule has 25 heavy (non-hydrogen) atoms. The van der Waals surface area contributed by atoms with Gasteiger partial charge < -0.3 is 15.4 Å². The summed E-state index contributed by atoms with van der Waals surface area (Å²) < 4.78 is 5.99. The van der Waals surface area contributed by atoms with Gasteiger partial charge in [-0.05, 0) is 30.4 Å². The van der Waals surface area contributed by atoms with Gasteiger partial charge in [0.25, 0.3) is 0 Å². The second-order valence-corrected chi connectivity index (χ2v) is 6.52. The molecular formula is C21H26N2O2. The fraction of sp³-hybridized carbons (Fsp3) is 0.381. The molecule has 1 atom stereocenters. The van der Waals surface area contributed by atoms with Crippen LogP contribution in [0.2, 0.25) is 0 Å². The van der Waals surface area contributed by atoms with Crippen LogP contribution in [0.15, 0.2) is 60.7 Å². The Bertz CT molecular complexity index is 652. The predicted octanol–water partition coefficient (Wildman–Crippen LogP) is 2.94. The first kappa shape index (κ1) is 17.6. The molecule has 1 unspecified atom stereocenters. The lowest BCUT2D eigenvalue weighted by atomic mass is 10.0. The summed E-state index contributed by atoms with van der Waals surface area (Å²) >= 11 is 0. The molecule has 2 N–H and O–H groups in total. The van der Waals surface area contributed by atoms with Crippen molar-refractivity contribution >= 4 is 5.91 Å². The SMILES string of the molecule is NC(C(=O)N1CCC(OCCc2ccccc2)CC1)c1ccccc1. The molecular weight excluding hydrogens is 312 g/mol. The predicted molar refractivity (Wildman–Crippen MR) is 99.1 cm³/mol. The van der Waals surface area contributed by atoms with Crippen LogP contribution < -0.4 is 5.73 Å². The molecule has 2 aromatic carbocycles. The average Bonchev–Trinajstić information content (AvgIpc) is 2.69. The van der Waals surface area contributed by atoms with Crippen LogP contribution in [0.3, 0.4) is 0 Å². The van der Waals surface area contributed by atoms with Gasteiger partial charge in [-0.3, -0.25) is 4.79 Å². The quantitative estimate of drug-likeness (QED) is 0.881. The molecule has 2 aromatic rings. The Labute approximate surface area is 149 Å². The highest BCUT2D eigenvalue weighted by Crippen LogP contribution is 2.19. The van der Waals surface area contributed by atoms with Crippen LogP contribution in [0.4, 0.5) is 0 Å². The Morgan fingerprint density at radius 1 is 1.04 bits per heavy atom. The zero-order chi connectivity index (χ0) is 17.5. The van der Waals surface area contributed by atoms with E-state index in [-0.39, 0.29) is 12.0 Å². The van der Waals surface area contributed by atoms with Gasteiger partial charge in [-0.25, -0.2) is 0 Å². The van der Waals surface area contributed by atoms with E-state index in [1.165, 1.54) is 5.56 Å². The van der Waals surface area contributed by atoms with Crippen molar-refractivity contribution in [1.82, 2.24) is 4.90 Å². The van der Waals surface area contributed by atoms with E-state index in [2.05, 4.69) is 24.3 Å². The van der Waals surface area contributed by atoms with Crippen LogP contribution in [0.1, 0.15) is 30.0 Å². The molecule has 1 heterocycles. The molecule has 1 aliphatic rings. The van der Waals surface area contributed by atoms with E-state index < -0.39 is 6.04 Å². The molecule has 0 bridgehead atoms. The molecule has 132 valence electrons. The van der Waals surface area contributed by atoms with E-state index >= 15 is 0 Å². The topological polar surface area (TPSA) is 55.6 Å². The van der Waals surface area contributed by atoms with Gasteiger partial charge in [0.05, 0.1) is 12.7 Å². The van der Waals surface area contributed by atoms with Gasteiger partial charge in [-0.1, -0.05) is 60.7 Å². The average molecular weight is 338 g/mol. The molecule has 0 aromatic heterocycles. The van der Waals surface area contributed by atoms with Crippen LogP contribution in [0.25, 0.3) is 0 Å². The summed E-state index contributed by atoms with van der Waals surface area (Å²) in [5.74, 6) is 0.00827. The van der Waals surface area contributed by atoms with Crippen LogP contribution in [-0.2, 0) is 16.0 Å². The Hall–Kier alpha value is -2.17. The number of benzene rings is 2. The summed E-state index contributed by atoms with van der Waals surface area (Å²) in [6.07, 6.45) is 2.92. The molecule has 1 aliphatic heterocycles. The summed E-state index contributed by atoms with van der Waals surface area (Å²) in [5, 5.41) is 0. The molecule has 0 spiro atoms. The molecule has 1 saturated heterocycles. The highest BCUT2D eigenvalue weighted by Gasteiger charge is 2.27. The minimum Gasteiger partial charge on any atom is -0.378 e. The number of likely N-dealkylation sites (tertiary alicyclic amines) is 1. The zero-order valence-electron chi connectivity index (χ0n) is 14.5. The third-order valence-electron chi connectivity index (χ3n) is 4.77. The molecule has 1 fully saturated rings. The first-order chi connectivity index (χ1) is 12.2. The van der Waals surface area contributed by atoms with Crippen molar-refractivity contribution in [2.24, 2.45) is 5.73 Å². The minimum absolute atomic E-state index is 0.00827. The van der Waals surface area contributed by atoms with Gasteiger partial charge in [-0.15, -0.1) is 0 Å². The number of carbonyl (C=O) groups excluding carboxylic acids is 1. The Balaban J connectivity index is 1.41. The van der Waals surface area contributed by atoms with Crippen molar-refractivity contribution in [3.63, 3.8) is 0 Å². The lowest BCUT2D eigenvalue weighted by molar-refractivity contribution is -0.135. The number of nitrogens with two attached hydrogens (primary N) is 1. The summed E-state index contributed by atoms with van der Waals surface area (Å²) in [5.41, 5.74) is 8.29. The molecule has 0 radical (unpaired) electrons. The van der Waals surface area contributed by atoms with Gasteiger partial charge in [-0.2, -0.15) is 0 Å². The van der Waals surface area contributed by atoms with Crippen LogP contribution in [-0.4, -0.2) is 36.6 Å². The summed E-state index contributed by atoms with van der Waals surface area (Å²) in [7, 11) is 0. The van der Waals surface area contributed by atoms with Crippen LogP contribution in [0, 0.1) is 0 Å². The van der Waals surface area contributed by atoms with Crippen LogP contribution >= 0.6 is 0 Å². The smallest absolute Gasteiger partial charge is 0.244 e. The lowest BCUT2D eigenvalue weighted by Gasteiger charge is -2.33. The second kappa shape index (κ2) is 8.79. The normalized spacial score (nSPS) is 16.6. The number of amides is 1. The van der Waals surface area contributed by atoms with E-state index in [0.29, 0.717) is 0 Å². The van der Waals surface area contributed by atoms with Gasteiger partial charge in [0.15, 0.2) is 0 Å². The van der Waals surface area contributed by atoms with E-state index in [0.717, 1.165) is 44.5 Å². The Morgan fingerprint density at radius 3 is 2.28 bits per heavy atom. The first-order valence-electron chi connectivity index (χ1n) is 8.99. The van der Waals surface area contributed by atoms with E-state index in [1.807, 2.05) is 41.3 Å². The van der Waals surface area contributed by atoms with E-state index in [1.54, 1.807) is 0 Å². The summed E-state index contributed by atoms with van der Waals surface area (Å²) in [6, 6.07) is 19.4. The molecule has 4 nitrogen and oxygen atoms in total. The van der Waals surface area contributed by atoms with E-state index in [9.17, 15) is 4.79 Å². The van der Waals surface area contributed by atoms with Gasteiger partial charge in [0.1, 0.15) is 6.04 Å². The van der Waals surface area contributed by atoms with Crippen molar-refractivity contribution in [3.8, 4) is 0 Å². The third-order valence-corrected chi connectivity index (χ3v) is 4.77. The van der Waals surface area contributed by atoms with Crippen molar-refractivity contribution in [2.45, 2.75) is 31.4 Å². The standard InChI is InChI=1S/C21H26N2O2/c22-20(18-9-5-2-6-10-18)21(24)23-14-11-19(12-15-23)25-16-13-17-7-3-1-4-8-17/h1-10,19-20H,11-16,22H2. The second-order valence-electron chi connectivity index (χ2n) is 6.52. The molecule has 0 aliphatic carbocycles. The number of carbonyl (C=O) groups is 1. The fourth-order valence-electron chi connectivity index (χ4n) is 3.23. The molecule has 4 heteroatoms. The number of ether oxygens (including phenoxy) is 1. The molecule has 0 saturated carbocycles. The molecule has 3 rings (SSSR count). The highest BCUT2D eigenvalue weighted by atomic mass is 16.5. The Morgan fingerprint density at radius 2 is 1.64 bits per heavy atom. The van der Waals surface area contributed by atoms with Crippen molar-refractivity contribution in [1.29, 1.82) is 0 Å². The lowest BCUT2D eigenvalue weighted by Crippen LogP contribution is -2.45. The van der Waals surface area contributed by atoms with Crippen molar-refractivity contribution < 1.29 is 9.53 Å². The third kappa shape index (κ3) is 4.91. The summed E-state index contributed by atoms with van der Waals surface area (Å²) in [6.45, 7) is 2.16. The van der Waals surface area contributed by atoms with Crippen molar-refractivity contribution in [2.75, 3.05) is 19.7 Å². The van der Waals surface area contributed by atoms with Crippen molar-refractivity contribution in [3.05, 3.63) is 71.8 Å².